The third-order valence-electron chi connectivity index (χ3n) is 9.28. The number of nitrogens with one attached hydrogen (secondary N) is 1. The fraction of sp³-hybridized carbons (Fsp3) is 0.410. The van der Waals surface area contributed by atoms with E-state index < -0.39 is 69.4 Å². The molecule has 0 aliphatic carbocycles. The number of halogens is 3. The maximum atomic E-state index is 14.7. The minimum absolute atomic E-state index is 0.0530. The van der Waals surface area contributed by atoms with Gasteiger partial charge in [-0.2, -0.15) is 13.2 Å². The average molecular weight is 877 g/mol. The number of amides is 1. The number of carbonyl (C=O) groups excluding carboxylic acids is 1. The quantitative estimate of drug-likeness (QED) is 0.0264. The molecule has 0 bridgehead atoms. The monoisotopic (exact) mass is 876 g/mol. The van der Waals surface area contributed by atoms with Gasteiger partial charge in [-0.3, -0.25) is 27.9 Å². The molecule has 1 aromatic heterocycles. The molecule has 1 aliphatic heterocycles. The van der Waals surface area contributed by atoms with Gasteiger partial charge in [0.25, 0.3) is 5.56 Å². The summed E-state index contributed by atoms with van der Waals surface area (Å²) in [6.07, 6.45) is -5.24. The summed E-state index contributed by atoms with van der Waals surface area (Å²) in [6.45, 7) is 0.161. The largest absolute Gasteiger partial charge is 0.471 e. The van der Waals surface area contributed by atoms with Gasteiger partial charge in [-0.1, -0.05) is 96.1 Å². The van der Waals surface area contributed by atoms with Crippen molar-refractivity contribution in [2.24, 2.45) is 5.11 Å². The second-order valence-electron chi connectivity index (χ2n) is 13.8. The van der Waals surface area contributed by atoms with Crippen LogP contribution in [0.5, 0.6) is 0 Å². The number of benzene rings is 3. The first-order chi connectivity index (χ1) is 28.7. The van der Waals surface area contributed by atoms with Crippen molar-refractivity contribution in [3.63, 3.8) is 0 Å². The molecule has 0 radical (unpaired) electrons. The van der Waals surface area contributed by atoms with Crippen LogP contribution in [0, 0.1) is 6.92 Å². The van der Waals surface area contributed by atoms with Crippen molar-refractivity contribution < 1.29 is 49.9 Å². The molecule has 1 N–H and O–H groups in total. The number of hydrogen-bond donors (Lipinski definition) is 1. The van der Waals surface area contributed by atoms with Gasteiger partial charge < -0.3 is 28.1 Å². The molecule has 4 aromatic rings. The van der Waals surface area contributed by atoms with E-state index in [1.165, 1.54) is 13.1 Å². The molecule has 5 rings (SSSR count). The van der Waals surface area contributed by atoms with Crippen LogP contribution in [0.2, 0.25) is 0 Å². The SMILES string of the molecule is Cc1cn([C@@H]2C[C@H](N=[N+]=[N-])[C@@H](COP(=O)(CP(=O)(OCc3ccccc3)OCc3ccccc3)OCc3ccccc3)O2)c(=O)n(CCCCCNC(=O)C(F)(F)F)c1=O. The lowest BCUT2D eigenvalue weighted by atomic mass is 10.1. The number of nitrogens with zero attached hydrogens (tertiary/aromatic N) is 5. The first kappa shape index (κ1) is 46.2. The van der Waals surface area contributed by atoms with E-state index in [2.05, 4.69) is 10.0 Å². The van der Waals surface area contributed by atoms with Crippen LogP contribution in [0.15, 0.2) is 112 Å². The fourth-order valence-corrected chi connectivity index (χ4v) is 10.7. The van der Waals surface area contributed by atoms with Crippen LogP contribution in [-0.2, 0) is 63.1 Å². The maximum absolute atomic E-state index is 14.7. The number of alkyl halides is 3. The number of hydrogen-bond acceptors (Lipinski definition) is 11. The van der Waals surface area contributed by atoms with Crippen molar-refractivity contribution >= 4 is 21.1 Å². The van der Waals surface area contributed by atoms with Gasteiger partial charge in [0, 0.05) is 36.2 Å². The summed E-state index contributed by atoms with van der Waals surface area (Å²) >= 11 is 0. The van der Waals surface area contributed by atoms with Crippen LogP contribution in [-0.4, -0.2) is 52.4 Å². The van der Waals surface area contributed by atoms with E-state index >= 15 is 0 Å². The number of ether oxygens (including phenoxy) is 1. The fourth-order valence-electron chi connectivity index (χ4n) is 6.14. The molecule has 3 aromatic carbocycles. The molecular formula is C39H45F3N6O10P2. The number of azide groups is 1. The predicted octanol–water partition coefficient (Wildman–Crippen LogP) is 8.14. The molecule has 1 amide bonds. The van der Waals surface area contributed by atoms with Gasteiger partial charge in [0.05, 0.1) is 38.6 Å². The first-order valence-electron chi connectivity index (χ1n) is 18.9. The molecule has 4 atom stereocenters. The summed E-state index contributed by atoms with van der Waals surface area (Å²) in [5.74, 6) is -2.85. The van der Waals surface area contributed by atoms with Gasteiger partial charge in [0.15, 0.2) is 5.90 Å². The highest BCUT2D eigenvalue weighted by molar-refractivity contribution is 7.71. The van der Waals surface area contributed by atoms with Gasteiger partial charge in [-0.05, 0) is 48.4 Å². The van der Waals surface area contributed by atoms with Gasteiger partial charge in [-0.15, -0.1) is 0 Å². The Morgan fingerprint density at radius 1 is 0.850 bits per heavy atom. The predicted molar refractivity (Wildman–Crippen MR) is 214 cm³/mol. The summed E-state index contributed by atoms with van der Waals surface area (Å²) < 4.78 is 98.6. The molecule has 0 saturated carbocycles. The molecule has 0 spiro atoms. The van der Waals surface area contributed by atoms with Crippen LogP contribution >= 0.6 is 15.2 Å². The van der Waals surface area contributed by atoms with E-state index in [1.807, 2.05) is 12.1 Å². The normalized spacial score (nSPS) is 17.8. The number of carbonyl (C=O) groups is 1. The summed E-state index contributed by atoms with van der Waals surface area (Å²) in [6, 6.07) is 25.6. The Morgan fingerprint density at radius 3 is 1.87 bits per heavy atom. The lowest BCUT2D eigenvalue weighted by molar-refractivity contribution is -0.173. The van der Waals surface area contributed by atoms with E-state index in [0.29, 0.717) is 23.1 Å². The molecule has 322 valence electrons. The topological polar surface area (TPSA) is 202 Å². The molecule has 1 saturated heterocycles. The van der Waals surface area contributed by atoms with Crippen LogP contribution in [0.25, 0.3) is 10.4 Å². The van der Waals surface area contributed by atoms with Gasteiger partial charge in [-0.25, -0.2) is 4.79 Å². The lowest BCUT2D eigenvalue weighted by Gasteiger charge is -2.26. The average Bonchev–Trinajstić information content (AvgIpc) is 3.64. The number of rotatable bonds is 22. The summed E-state index contributed by atoms with van der Waals surface area (Å²) in [5.41, 5.74) is 10.2. The first-order valence-corrected chi connectivity index (χ1v) is 22.4. The van der Waals surface area contributed by atoms with Crippen molar-refractivity contribution in [3.8, 4) is 0 Å². The van der Waals surface area contributed by atoms with Crippen LogP contribution in [0.1, 0.15) is 54.2 Å². The second kappa shape index (κ2) is 21.6. The Kier molecular flexibility index (Phi) is 16.7. The van der Waals surface area contributed by atoms with E-state index in [1.54, 1.807) is 84.2 Å². The molecular weight excluding hydrogens is 831 g/mol. The van der Waals surface area contributed by atoms with Crippen molar-refractivity contribution in [1.29, 1.82) is 0 Å². The second-order valence-corrected chi connectivity index (χ2v) is 18.5. The molecule has 60 heavy (non-hydrogen) atoms. The minimum atomic E-state index is -5.00. The minimum Gasteiger partial charge on any atom is -0.352 e. The Bertz CT molecular complexity index is 2250. The number of aryl methyl sites for hydroxylation is 1. The third-order valence-corrected chi connectivity index (χ3v) is 14.2. The smallest absolute Gasteiger partial charge is 0.352 e. The zero-order chi connectivity index (χ0) is 43.2. The van der Waals surface area contributed by atoms with Gasteiger partial charge in [0.1, 0.15) is 6.23 Å². The third kappa shape index (κ3) is 13.6. The van der Waals surface area contributed by atoms with Crippen LogP contribution in [0.3, 0.4) is 0 Å². The van der Waals surface area contributed by atoms with E-state index in [9.17, 15) is 42.2 Å². The lowest BCUT2D eigenvalue weighted by Crippen LogP contribution is -2.42. The summed E-state index contributed by atoms with van der Waals surface area (Å²) in [4.78, 5) is 40.6. The zero-order valence-electron chi connectivity index (χ0n) is 32.6. The van der Waals surface area contributed by atoms with Gasteiger partial charge >= 0.3 is 33.0 Å². The van der Waals surface area contributed by atoms with Gasteiger partial charge in [0.2, 0.25) is 0 Å². The highest BCUT2D eigenvalue weighted by atomic mass is 31.2. The van der Waals surface area contributed by atoms with Crippen LogP contribution in [0.4, 0.5) is 13.2 Å². The Hall–Kier alpha value is -4.83. The Morgan fingerprint density at radius 2 is 1.37 bits per heavy atom. The highest BCUT2D eigenvalue weighted by Gasteiger charge is 2.43. The number of unbranched alkanes of at least 4 members (excludes halogenated alkanes) is 2. The molecule has 1 aliphatic rings. The maximum Gasteiger partial charge on any atom is 0.471 e. The van der Waals surface area contributed by atoms with E-state index in [-0.39, 0.29) is 57.7 Å². The van der Waals surface area contributed by atoms with E-state index in [4.69, 9.17) is 22.8 Å². The van der Waals surface area contributed by atoms with Crippen molar-refractivity contribution in [2.75, 3.05) is 19.1 Å². The molecule has 2 heterocycles. The van der Waals surface area contributed by atoms with Crippen LogP contribution < -0.4 is 16.6 Å². The van der Waals surface area contributed by atoms with Crippen molar-refractivity contribution in [2.45, 2.75) is 83.5 Å². The molecule has 1 unspecified atom stereocenters. The Labute approximate surface area is 343 Å². The summed E-state index contributed by atoms with van der Waals surface area (Å²) in [7, 11) is -8.69. The van der Waals surface area contributed by atoms with Crippen molar-refractivity contribution in [3.05, 3.63) is 151 Å². The number of aromatic nitrogens is 2. The molecule has 21 heteroatoms. The Balaban J connectivity index is 1.33. The van der Waals surface area contributed by atoms with Crippen molar-refractivity contribution in [1.82, 2.24) is 14.5 Å². The summed E-state index contributed by atoms with van der Waals surface area (Å²) in [5, 5.41) is 5.61. The molecule has 16 nitrogen and oxygen atoms in total. The molecule has 1 fully saturated rings. The van der Waals surface area contributed by atoms with E-state index in [0.717, 1.165) is 9.13 Å². The highest BCUT2D eigenvalue weighted by Crippen LogP contribution is 2.65. The standard InChI is InChI=1S/C39H45F3N6O10P2/c1-29-23-48(38(51)47(36(29)49)21-13-5-12-20-44-37(50)39(40,41)42)35-22-33(45-46-43)34(58-35)27-57-60(53,56-26-32-18-10-4-11-19-32)28-59(52,54-24-30-14-6-2-7-15-30)55-25-31-16-8-3-9-17-31/h2-4,6-11,14-19,23,33-35H,5,12-13,20-22,24-28H2,1H3,(H,44,50)/t33-,34+,35-,60?/m0/s1. The zero-order valence-corrected chi connectivity index (χ0v) is 34.4.